The predicted octanol–water partition coefficient (Wildman–Crippen LogP) is 0.319. The first-order valence-corrected chi connectivity index (χ1v) is 5.82. The molecule has 1 aliphatic heterocycles. The van der Waals surface area contributed by atoms with Crippen molar-refractivity contribution in [2.75, 3.05) is 46.6 Å². The highest BCUT2D eigenvalue weighted by Gasteiger charge is 2.23. The number of ether oxygens (including phenoxy) is 2. The molecule has 2 N–H and O–H groups in total. The average molecular weight is 216 g/mol. The number of rotatable bonds is 6. The molecule has 1 rings (SSSR count). The fourth-order valence-corrected chi connectivity index (χ4v) is 1.93. The molecule has 0 aromatic heterocycles. The van der Waals surface area contributed by atoms with E-state index in [9.17, 15) is 0 Å². The zero-order chi connectivity index (χ0) is 11.1. The Morgan fingerprint density at radius 3 is 2.93 bits per heavy atom. The van der Waals surface area contributed by atoms with E-state index in [4.69, 9.17) is 15.2 Å². The Morgan fingerprint density at radius 1 is 1.53 bits per heavy atom. The minimum absolute atomic E-state index is 0.301. The average Bonchev–Trinajstić information content (AvgIpc) is 2.26. The number of nitrogens with two attached hydrogens (primary N) is 1. The second-order valence-electron chi connectivity index (χ2n) is 4.17. The van der Waals surface area contributed by atoms with Crippen molar-refractivity contribution < 1.29 is 9.47 Å². The quantitative estimate of drug-likeness (QED) is 0.694. The van der Waals surface area contributed by atoms with E-state index in [0.717, 1.165) is 45.9 Å². The monoisotopic (exact) mass is 216 g/mol. The van der Waals surface area contributed by atoms with Gasteiger partial charge in [0.2, 0.25) is 0 Å². The topological polar surface area (TPSA) is 47.7 Å². The van der Waals surface area contributed by atoms with Gasteiger partial charge in [-0.15, -0.1) is 0 Å². The molecule has 2 atom stereocenters. The third-order valence-electron chi connectivity index (χ3n) is 3.08. The van der Waals surface area contributed by atoms with E-state index in [-0.39, 0.29) is 0 Å². The lowest BCUT2D eigenvalue weighted by atomic mass is 9.96. The summed E-state index contributed by atoms with van der Waals surface area (Å²) in [7, 11) is 1.74. The van der Waals surface area contributed by atoms with Crippen LogP contribution in [0.15, 0.2) is 0 Å². The van der Waals surface area contributed by atoms with Crippen LogP contribution < -0.4 is 5.73 Å². The number of likely N-dealkylation sites (N-methyl/N-ethyl adjacent to an activating group) is 1. The molecule has 0 amide bonds. The van der Waals surface area contributed by atoms with Crippen molar-refractivity contribution in [1.82, 2.24) is 4.90 Å². The molecule has 4 nitrogen and oxygen atoms in total. The number of methoxy groups -OCH3 is 1. The third-order valence-corrected chi connectivity index (χ3v) is 3.08. The lowest BCUT2D eigenvalue weighted by Crippen LogP contribution is -2.45. The van der Waals surface area contributed by atoms with Crippen molar-refractivity contribution in [3.05, 3.63) is 0 Å². The molecule has 1 saturated heterocycles. The third kappa shape index (κ3) is 4.47. The van der Waals surface area contributed by atoms with Crippen LogP contribution in [-0.2, 0) is 9.47 Å². The Morgan fingerprint density at radius 2 is 2.33 bits per heavy atom. The summed E-state index contributed by atoms with van der Waals surface area (Å²) in [6, 6.07) is 0.301. The highest BCUT2D eigenvalue weighted by atomic mass is 16.5. The molecule has 1 aliphatic rings. The normalized spacial score (nSPS) is 27.2. The van der Waals surface area contributed by atoms with Gasteiger partial charge in [0.1, 0.15) is 0 Å². The maximum absolute atomic E-state index is 6.07. The molecular weight excluding hydrogens is 192 g/mol. The van der Waals surface area contributed by atoms with Gasteiger partial charge in [-0.3, -0.25) is 0 Å². The minimum Gasteiger partial charge on any atom is -0.383 e. The van der Waals surface area contributed by atoms with Crippen LogP contribution in [0.5, 0.6) is 0 Å². The fourth-order valence-electron chi connectivity index (χ4n) is 1.93. The molecule has 0 aliphatic carbocycles. The van der Waals surface area contributed by atoms with Crippen molar-refractivity contribution >= 4 is 0 Å². The van der Waals surface area contributed by atoms with Crippen LogP contribution >= 0.6 is 0 Å². The molecule has 0 aromatic carbocycles. The molecule has 0 saturated carbocycles. The van der Waals surface area contributed by atoms with Crippen molar-refractivity contribution in [3.63, 3.8) is 0 Å². The molecule has 90 valence electrons. The Balaban J connectivity index is 2.29. The number of nitrogens with zero attached hydrogens (tertiary/aromatic N) is 1. The largest absolute Gasteiger partial charge is 0.383 e. The Kier molecular flexibility index (Phi) is 6.17. The maximum Gasteiger partial charge on any atom is 0.0589 e. The van der Waals surface area contributed by atoms with Gasteiger partial charge in [-0.2, -0.15) is 0 Å². The SMILES string of the molecule is CCN(CCOC)CC1COCCC1N. The standard InChI is InChI=1S/C11H24N2O2/c1-3-13(5-7-14-2)8-10-9-15-6-4-11(10)12/h10-11H,3-9,12H2,1-2H3. The summed E-state index contributed by atoms with van der Waals surface area (Å²) in [6.07, 6.45) is 0.993. The number of hydrogen-bond acceptors (Lipinski definition) is 4. The lowest BCUT2D eigenvalue weighted by Gasteiger charge is -2.33. The first-order chi connectivity index (χ1) is 7.27. The molecule has 0 spiro atoms. The lowest BCUT2D eigenvalue weighted by molar-refractivity contribution is 0.0232. The fraction of sp³-hybridized carbons (Fsp3) is 1.00. The zero-order valence-electron chi connectivity index (χ0n) is 9.95. The van der Waals surface area contributed by atoms with E-state index in [2.05, 4.69) is 11.8 Å². The molecule has 0 radical (unpaired) electrons. The maximum atomic E-state index is 6.07. The van der Waals surface area contributed by atoms with Gasteiger partial charge in [-0.25, -0.2) is 0 Å². The van der Waals surface area contributed by atoms with Crippen molar-refractivity contribution in [2.45, 2.75) is 19.4 Å². The highest BCUT2D eigenvalue weighted by Crippen LogP contribution is 2.14. The van der Waals surface area contributed by atoms with Crippen molar-refractivity contribution in [1.29, 1.82) is 0 Å². The highest BCUT2D eigenvalue weighted by molar-refractivity contribution is 4.79. The molecular formula is C11H24N2O2. The molecule has 0 bridgehead atoms. The van der Waals surface area contributed by atoms with Crippen molar-refractivity contribution in [2.24, 2.45) is 11.7 Å². The summed E-state index contributed by atoms with van der Waals surface area (Å²) < 4.78 is 10.6. The van der Waals surface area contributed by atoms with Crippen LogP contribution in [0.1, 0.15) is 13.3 Å². The number of hydrogen-bond donors (Lipinski definition) is 1. The van der Waals surface area contributed by atoms with Crippen LogP contribution in [0.25, 0.3) is 0 Å². The van der Waals surface area contributed by atoms with E-state index in [0.29, 0.717) is 12.0 Å². The van der Waals surface area contributed by atoms with Gasteiger partial charge in [0.15, 0.2) is 0 Å². The molecule has 2 unspecified atom stereocenters. The van der Waals surface area contributed by atoms with E-state index < -0.39 is 0 Å². The molecule has 4 heteroatoms. The van der Waals surface area contributed by atoms with E-state index in [1.54, 1.807) is 7.11 Å². The first-order valence-electron chi connectivity index (χ1n) is 5.82. The van der Waals surface area contributed by atoms with Gasteiger partial charge in [-0.05, 0) is 13.0 Å². The van der Waals surface area contributed by atoms with Crippen LogP contribution in [-0.4, -0.2) is 57.5 Å². The van der Waals surface area contributed by atoms with Gasteiger partial charge in [0.25, 0.3) is 0 Å². The minimum atomic E-state index is 0.301. The van der Waals surface area contributed by atoms with Gasteiger partial charge in [-0.1, -0.05) is 6.92 Å². The van der Waals surface area contributed by atoms with E-state index >= 15 is 0 Å². The van der Waals surface area contributed by atoms with E-state index in [1.807, 2.05) is 0 Å². The summed E-state index contributed by atoms with van der Waals surface area (Å²) in [6.45, 7) is 7.65. The second kappa shape index (κ2) is 7.17. The Labute approximate surface area is 92.7 Å². The predicted molar refractivity (Wildman–Crippen MR) is 60.9 cm³/mol. The smallest absolute Gasteiger partial charge is 0.0589 e. The van der Waals surface area contributed by atoms with Crippen LogP contribution in [0.3, 0.4) is 0 Å². The van der Waals surface area contributed by atoms with Crippen molar-refractivity contribution in [3.8, 4) is 0 Å². The van der Waals surface area contributed by atoms with Crippen LogP contribution in [0.4, 0.5) is 0 Å². The molecule has 15 heavy (non-hydrogen) atoms. The summed E-state index contributed by atoms with van der Waals surface area (Å²) in [4.78, 5) is 2.38. The van der Waals surface area contributed by atoms with E-state index in [1.165, 1.54) is 0 Å². The van der Waals surface area contributed by atoms with Gasteiger partial charge in [0, 0.05) is 38.8 Å². The second-order valence-corrected chi connectivity index (χ2v) is 4.17. The van der Waals surface area contributed by atoms with Crippen LogP contribution in [0, 0.1) is 5.92 Å². The summed E-state index contributed by atoms with van der Waals surface area (Å²) in [5, 5.41) is 0. The first kappa shape index (κ1) is 12.9. The Bertz CT molecular complexity index is 167. The van der Waals surface area contributed by atoms with Crippen LogP contribution in [0.2, 0.25) is 0 Å². The summed E-state index contributed by atoms with van der Waals surface area (Å²) in [5.74, 6) is 0.482. The van der Waals surface area contributed by atoms with Gasteiger partial charge >= 0.3 is 0 Å². The molecule has 0 aromatic rings. The summed E-state index contributed by atoms with van der Waals surface area (Å²) in [5.41, 5.74) is 6.07. The van der Waals surface area contributed by atoms with Gasteiger partial charge < -0.3 is 20.1 Å². The molecule has 1 fully saturated rings. The van der Waals surface area contributed by atoms with Gasteiger partial charge in [0.05, 0.1) is 13.2 Å². The molecule has 1 heterocycles. The summed E-state index contributed by atoms with van der Waals surface area (Å²) >= 11 is 0. The Hall–Kier alpha value is -0.160. The zero-order valence-corrected chi connectivity index (χ0v) is 9.95.